The minimum Gasteiger partial charge on any atom is -0.457 e. The van der Waals surface area contributed by atoms with E-state index in [1.807, 2.05) is 37.3 Å². The van der Waals surface area contributed by atoms with Gasteiger partial charge in [0, 0.05) is 4.90 Å². The number of carbonyl (C=O) groups is 1. The molecule has 0 saturated carbocycles. The Morgan fingerprint density at radius 1 is 1.38 bits per heavy atom. The summed E-state index contributed by atoms with van der Waals surface area (Å²) in [5.41, 5.74) is 0. The predicted octanol–water partition coefficient (Wildman–Crippen LogP) is 3.33. The van der Waals surface area contributed by atoms with Gasteiger partial charge < -0.3 is 4.74 Å². The molecule has 0 spiro atoms. The number of hydrogen-bond acceptors (Lipinski definition) is 3. The lowest BCUT2D eigenvalue weighted by atomic mass is 10.4. The highest BCUT2D eigenvalue weighted by molar-refractivity contribution is 8.13. The highest BCUT2D eigenvalue weighted by Crippen LogP contribution is 2.19. The molecule has 3 heteroatoms. The Kier molecular flexibility index (Phi) is 4.40. The van der Waals surface area contributed by atoms with Gasteiger partial charge in [-0.05, 0) is 30.3 Å². The van der Waals surface area contributed by atoms with Crippen LogP contribution in [-0.2, 0) is 4.74 Å². The fraction of sp³-hybridized carbons (Fsp3) is 0.300. The van der Waals surface area contributed by atoms with Crippen LogP contribution in [0.15, 0.2) is 35.2 Å². The van der Waals surface area contributed by atoms with Crippen molar-refractivity contribution in [3.05, 3.63) is 30.3 Å². The van der Waals surface area contributed by atoms with Crippen LogP contribution in [0.3, 0.4) is 0 Å². The standard InChI is InChI=1S/C10H12O2S/c1-2-8-12-10(11)13-9-6-4-3-5-7-9/h3-7H,2,8H2,1H3. The maximum absolute atomic E-state index is 11.1. The first-order valence-electron chi connectivity index (χ1n) is 4.22. The lowest BCUT2D eigenvalue weighted by Crippen LogP contribution is -1.97. The van der Waals surface area contributed by atoms with Gasteiger partial charge in [-0.3, -0.25) is 0 Å². The van der Waals surface area contributed by atoms with Crippen molar-refractivity contribution in [1.29, 1.82) is 0 Å². The van der Waals surface area contributed by atoms with Crippen molar-refractivity contribution in [2.45, 2.75) is 18.2 Å². The number of ether oxygens (including phenoxy) is 1. The van der Waals surface area contributed by atoms with E-state index in [0.29, 0.717) is 6.61 Å². The number of carbonyl (C=O) groups excluding carboxylic acids is 1. The zero-order valence-corrected chi connectivity index (χ0v) is 8.34. The fourth-order valence-electron chi connectivity index (χ4n) is 0.800. The van der Waals surface area contributed by atoms with Crippen LogP contribution in [0, 0.1) is 0 Å². The SMILES string of the molecule is CCCOC(=O)Sc1ccccc1. The molecular formula is C10H12O2S. The third-order valence-electron chi connectivity index (χ3n) is 1.37. The molecule has 0 aliphatic carbocycles. The summed E-state index contributed by atoms with van der Waals surface area (Å²) in [4.78, 5) is 12.0. The van der Waals surface area contributed by atoms with Crippen LogP contribution in [0.1, 0.15) is 13.3 Å². The van der Waals surface area contributed by atoms with Gasteiger partial charge in [-0.1, -0.05) is 25.1 Å². The summed E-state index contributed by atoms with van der Waals surface area (Å²) in [5.74, 6) is 0. The van der Waals surface area contributed by atoms with Gasteiger partial charge in [0.1, 0.15) is 0 Å². The second kappa shape index (κ2) is 5.65. The summed E-state index contributed by atoms with van der Waals surface area (Å²) in [6, 6.07) is 9.49. The molecule has 1 aromatic rings. The normalized spacial score (nSPS) is 9.62. The van der Waals surface area contributed by atoms with Gasteiger partial charge in [0.05, 0.1) is 6.61 Å². The Hall–Kier alpha value is -0.960. The van der Waals surface area contributed by atoms with Crippen LogP contribution in [-0.4, -0.2) is 11.9 Å². The molecule has 1 rings (SSSR count). The van der Waals surface area contributed by atoms with E-state index in [1.54, 1.807) is 0 Å². The van der Waals surface area contributed by atoms with Crippen molar-refractivity contribution >= 4 is 17.1 Å². The Morgan fingerprint density at radius 2 is 2.08 bits per heavy atom. The van der Waals surface area contributed by atoms with Crippen LogP contribution in [0.4, 0.5) is 4.79 Å². The summed E-state index contributed by atoms with van der Waals surface area (Å²) in [6.45, 7) is 2.47. The van der Waals surface area contributed by atoms with Crippen LogP contribution < -0.4 is 0 Å². The molecule has 0 aliphatic heterocycles. The van der Waals surface area contributed by atoms with Gasteiger partial charge in [0.25, 0.3) is 0 Å². The molecule has 1 aromatic carbocycles. The Labute approximate surface area is 82.3 Å². The molecule has 0 unspecified atom stereocenters. The third kappa shape index (κ3) is 3.99. The van der Waals surface area contributed by atoms with Crippen LogP contribution in [0.2, 0.25) is 0 Å². The molecule has 0 radical (unpaired) electrons. The Bertz CT molecular complexity index is 259. The molecule has 0 fully saturated rings. The summed E-state index contributed by atoms with van der Waals surface area (Å²) in [6.07, 6.45) is 0.862. The first-order valence-corrected chi connectivity index (χ1v) is 5.04. The quantitative estimate of drug-likeness (QED) is 0.548. The second-order valence-electron chi connectivity index (χ2n) is 2.51. The molecule has 0 N–H and O–H groups in total. The zero-order valence-electron chi connectivity index (χ0n) is 7.53. The van der Waals surface area contributed by atoms with Crippen molar-refractivity contribution < 1.29 is 9.53 Å². The van der Waals surface area contributed by atoms with Gasteiger partial charge >= 0.3 is 5.30 Å². The number of benzene rings is 1. The smallest absolute Gasteiger partial charge is 0.372 e. The molecule has 0 heterocycles. The van der Waals surface area contributed by atoms with Gasteiger partial charge in [0.15, 0.2) is 0 Å². The van der Waals surface area contributed by atoms with E-state index < -0.39 is 0 Å². The van der Waals surface area contributed by atoms with E-state index in [9.17, 15) is 4.79 Å². The van der Waals surface area contributed by atoms with Gasteiger partial charge in [-0.25, -0.2) is 4.79 Å². The van der Waals surface area contributed by atoms with Crippen LogP contribution >= 0.6 is 11.8 Å². The average Bonchev–Trinajstić information content (AvgIpc) is 2.16. The minimum atomic E-state index is -0.229. The van der Waals surface area contributed by atoms with Crippen molar-refractivity contribution in [2.24, 2.45) is 0 Å². The molecule has 0 atom stereocenters. The molecule has 13 heavy (non-hydrogen) atoms. The zero-order chi connectivity index (χ0) is 9.52. The lowest BCUT2D eigenvalue weighted by molar-refractivity contribution is 0.175. The predicted molar refractivity (Wildman–Crippen MR) is 53.9 cm³/mol. The van der Waals surface area contributed by atoms with Crippen molar-refractivity contribution in [1.82, 2.24) is 0 Å². The van der Waals surface area contributed by atoms with E-state index in [4.69, 9.17) is 4.74 Å². The van der Waals surface area contributed by atoms with Gasteiger partial charge in [-0.2, -0.15) is 0 Å². The first-order chi connectivity index (χ1) is 6.33. The van der Waals surface area contributed by atoms with E-state index in [2.05, 4.69) is 0 Å². The Morgan fingerprint density at radius 3 is 2.69 bits per heavy atom. The highest BCUT2D eigenvalue weighted by atomic mass is 32.2. The largest absolute Gasteiger partial charge is 0.457 e. The minimum absolute atomic E-state index is 0.229. The Balaban J connectivity index is 2.37. The van der Waals surface area contributed by atoms with E-state index in [1.165, 1.54) is 0 Å². The molecule has 0 aromatic heterocycles. The number of thioether (sulfide) groups is 1. The van der Waals surface area contributed by atoms with E-state index in [-0.39, 0.29) is 5.30 Å². The third-order valence-corrected chi connectivity index (χ3v) is 2.16. The molecule has 70 valence electrons. The highest BCUT2D eigenvalue weighted by Gasteiger charge is 2.03. The summed E-state index contributed by atoms with van der Waals surface area (Å²) >= 11 is 1.12. The lowest BCUT2D eigenvalue weighted by Gasteiger charge is -2.01. The van der Waals surface area contributed by atoms with E-state index >= 15 is 0 Å². The van der Waals surface area contributed by atoms with E-state index in [0.717, 1.165) is 23.1 Å². The molecular weight excluding hydrogens is 184 g/mol. The van der Waals surface area contributed by atoms with Crippen LogP contribution in [0.5, 0.6) is 0 Å². The molecule has 0 bridgehead atoms. The summed E-state index contributed by atoms with van der Waals surface area (Å²) < 4.78 is 4.92. The fourth-order valence-corrected chi connectivity index (χ4v) is 1.43. The molecule has 0 amide bonds. The topological polar surface area (TPSA) is 26.3 Å². The monoisotopic (exact) mass is 196 g/mol. The number of rotatable bonds is 3. The summed E-state index contributed by atoms with van der Waals surface area (Å²) in [5, 5.41) is -0.229. The van der Waals surface area contributed by atoms with Crippen molar-refractivity contribution in [2.75, 3.05) is 6.61 Å². The first kappa shape index (κ1) is 10.1. The molecule has 2 nitrogen and oxygen atoms in total. The maximum atomic E-state index is 11.1. The van der Waals surface area contributed by atoms with Crippen molar-refractivity contribution in [3.63, 3.8) is 0 Å². The summed E-state index contributed by atoms with van der Waals surface area (Å²) in [7, 11) is 0. The number of hydrogen-bond donors (Lipinski definition) is 0. The molecule has 0 saturated heterocycles. The second-order valence-corrected chi connectivity index (χ2v) is 3.52. The van der Waals surface area contributed by atoms with Crippen molar-refractivity contribution in [3.8, 4) is 0 Å². The molecule has 0 aliphatic rings. The maximum Gasteiger partial charge on any atom is 0.372 e. The van der Waals surface area contributed by atoms with Crippen LogP contribution in [0.25, 0.3) is 0 Å². The van der Waals surface area contributed by atoms with Gasteiger partial charge in [-0.15, -0.1) is 0 Å². The average molecular weight is 196 g/mol. The van der Waals surface area contributed by atoms with Gasteiger partial charge in [0.2, 0.25) is 0 Å².